The van der Waals surface area contributed by atoms with Crippen LogP contribution in [-0.2, 0) is 12.7 Å². The molecule has 6 heteroatoms. The minimum Gasteiger partial charge on any atom is -0.398 e. The molecule has 1 heterocycles. The SMILES string of the molecule is CN(Cc1ccsc1)c1ccc(N)c(C(F)(F)F)c1. The first-order valence-corrected chi connectivity index (χ1v) is 6.51. The smallest absolute Gasteiger partial charge is 0.398 e. The fourth-order valence-corrected chi connectivity index (χ4v) is 2.43. The Morgan fingerprint density at radius 2 is 2.00 bits per heavy atom. The second-order valence-electron chi connectivity index (χ2n) is 4.26. The van der Waals surface area contributed by atoms with Crippen molar-refractivity contribution in [3.8, 4) is 0 Å². The maximum absolute atomic E-state index is 12.8. The highest BCUT2D eigenvalue weighted by Gasteiger charge is 2.33. The number of benzene rings is 1. The predicted octanol–water partition coefficient (Wildman–Crippen LogP) is 3.99. The van der Waals surface area contributed by atoms with E-state index in [1.807, 2.05) is 16.8 Å². The molecule has 0 atom stereocenters. The second-order valence-corrected chi connectivity index (χ2v) is 5.04. The highest BCUT2D eigenvalue weighted by Crippen LogP contribution is 2.35. The molecule has 1 aromatic heterocycles. The fourth-order valence-electron chi connectivity index (χ4n) is 1.77. The van der Waals surface area contributed by atoms with Gasteiger partial charge in [-0.1, -0.05) is 0 Å². The van der Waals surface area contributed by atoms with E-state index >= 15 is 0 Å². The van der Waals surface area contributed by atoms with Crippen LogP contribution in [0.4, 0.5) is 24.5 Å². The molecule has 102 valence electrons. The average Bonchev–Trinajstić information content (AvgIpc) is 2.80. The van der Waals surface area contributed by atoms with Crippen LogP contribution in [0.1, 0.15) is 11.1 Å². The van der Waals surface area contributed by atoms with Crippen molar-refractivity contribution in [2.75, 3.05) is 17.7 Å². The van der Waals surface area contributed by atoms with E-state index in [1.54, 1.807) is 29.4 Å². The lowest BCUT2D eigenvalue weighted by atomic mass is 10.1. The standard InChI is InChI=1S/C13H13F3N2S/c1-18(7-9-4-5-19-8-9)10-2-3-12(17)11(6-10)13(14,15)16/h2-6,8H,7,17H2,1H3. The van der Waals surface area contributed by atoms with Crippen LogP contribution < -0.4 is 10.6 Å². The molecule has 19 heavy (non-hydrogen) atoms. The third kappa shape index (κ3) is 3.20. The number of halogens is 3. The molecule has 0 spiro atoms. The first-order valence-electron chi connectivity index (χ1n) is 5.57. The van der Waals surface area contributed by atoms with Crippen molar-refractivity contribution in [1.29, 1.82) is 0 Å². The fraction of sp³-hybridized carbons (Fsp3) is 0.231. The van der Waals surface area contributed by atoms with Gasteiger partial charge in [0.25, 0.3) is 0 Å². The maximum Gasteiger partial charge on any atom is 0.418 e. The first kappa shape index (κ1) is 13.7. The summed E-state index contributed by atoms with van der Waals surface area (Å²) in [7, 11) is 1.75. The summed E-state index contributed by atoms with van der Waals surface area (Å²) in [5, 5.41) is 3.91. The summed E-state index contributed by atoms with van der Waals surface area (Å²) in [5.74, 6) is 0. The van der Waals surface area contributed by atoms with Crippen LogP contribution in [0.3, 0.4) is 0 Å². The van der Waals surface area contributed by atoms with Crippen molar-refractivity contribution in [1.82, 2.24) is 0 Å². The van der Waals surface area contributed by atoms with Gasteiger partial charge in [-0.25, -0.2) is 0 Å². The van der Waals surface area contributed by atoms with Crippen LogP contribution in [0, 0.1) is 0 Å². The molecule has 1 aromatic carbocycles. The minimum absolute atomic E-state index is 0.250. The highest BCUT2D eigenvalue weighted by atomic mass is 32.1. The molecule has 2 nitrogen and oxygen atoms in total. The lowest BCUT2D eigenvalue weighted by molar-refractivity contribution is -0.136. The van der Waals surface area contributed by atoms with Gasteiger partial charge in [0.1, 0.15) is 0 Å². The van der Waals surface area contributed by atoms with Gasteiger partial charge in [0, 0.05) is 25.0 Å². The molecule has 2 rings (SSSR count). The summed E-state index contributed by atoms with van der Waals surface area (Å²) in [6.07, 6.45) is -4.43. The van der Waals surface area contributed by atoms with Gasteiger partial charge in [0.15, 0.2) is 0 Å². The summed E-state index contributed by atoms with van der Waals surface area (Å²) in [6.45, 7) is 0.560. The van der Waals surface area contributed by atoms with Crippen LogP contribution in [0.25, 0.3) is 0 Å². The van der Waals surface area contributed by atoms with Crippen LogP contribution in [0.15, 0.2) is 35.0 Å². The van der Waals surface area contributed by atoms with E-state index < -0.39 is 11.7 Å². The molecule has 0 fully saturated rings. The quantitative estimate of drug-likeness (QED) is 0.865. The zero-order valence-corrected chi connectivity index (χ0v) is 11.1. The molecule has 2 aromatic rings. The van der Waals surface area contributed by atoms with Gasteiger partial charge < -0.3 is 10.6 Å². The Bertz CT molecular complexity index is 550. The van der Waals surface area contributed by atoms with Crippen LogP contribution in [0.5, 0.6) is 0 Å². The Hall–Kier alpha value is -1.69. The van der Waals surface area contributed by atoms with Crippen LogP contribution in [0.2, 0.25) is 0 Å². The molecule has 0 unspecified atom stereocenters. The van der Waals surface area contributed by atoms with Crippen molar-refractivity contribution in [3.63, 3.8) is 0 Å². The molecule has 2 N–H and O–H groups in total. The van der Waals surface area contributed by atoms with E-state index in [2.05, 4.69) is 0 Å². The Labute approximate surface area is 113 Å². The molecular formula is C13H13F3N2S. The molecule has 0 aliphatic carbocycles. The van der Waals surface area contributed by atoms with Gasteiger partial charge in [-0.3, -0.25) is 0 Å². The number of rotatable bonds is 3. The van der Waals surface area contributed by atoms with E-state index in [1.165, 1.54) is 6.07 Å². The molecule has 0 aliphatic heterocycles. The van der Waals surface area contributed by atoms with E-state index in [4.69, 9.17) is 5.73 Å². The van der Waals surface area contributed by atoms with E-state index in [0.29, 0.717) is 12.2 Å². The molecule has 0 radical (unpaired) electrons. The summed E-state index contributed by atoms with van der Waals surface area (Å²) in [4.78, 5) is 1.76. The normalized spacial score (nSPS) is 11.6. The average molecular weight is 286 g/mol. The first-order chi connectivity index (χ1) is 8.88. The van der Waals surface area contributed by atoms with Gasteiger partial charge in [-0.05, 0) is 40.6 Å². The summed E-state index contributed by atoms with van der Waals surface area (Å²) in [5.41, 5.74) is 5.90. The number of alkyl halides is 3. The number of thiophene rings is 1. The Kier molecular flexibility index (Phi) is 3.71. The summed E-state index contributed by atoms with van der Waals surface area (Å²) in [6, 6.07) is 5.92. The summed E-state index contributed by atoms with van der Waals surface area (Å²) < 4.78 is 38.3. The van der Waals surface area contributed by atoms with E-state index in [0.717, 1.165) is 11.6 Å². The number of hydrogen-bond donors (Lipinski definition) is 1. The third-order valence-corrected chi connectivity index (χ3v) is 3.51. The van der Waals surface area contributed by atoms with Gasteiger partial charge in [0.2, 0.25) is 0 Å². The van der Waals surface area contributed by atoms with Crippen molar-refractivity contribution in [2.24, 2.45) is 0 Å². The number of anilines is 2. The topological polar surface area (TPSA) is 29.3 Å². The van der Waals surface area contributed by atoms with Crippen molar-refractivity contribution in [3.05, 3.63) is 46.2 Å². The van der Waals surface area contributed by atoms with Gasteiger partial charge in [-0.2, -0.15) is 24.5 Å². The zero-order valence-electron chi connectivity index (χ0n) is 10.2. The number of nitrogens with two attached hydrogens (primary N) is 1. The Morgan fingerprint density at radius 3 is 2.58 bits per heavy atom. The minimum atomic E-state index is -4.43. The lowest BCUT2D eigenvalue weighted by Crippen LogP contribution is -2.17. The van der Waals surface area contributed by atoms with Gasteiger partial charge in [-0.15, -0.1) is 0 Å². The number of nitrogens with zero attached hydrogens (tertiary/aromatic N) is 1. The van der Waals surface area contributed by atoms with E-state index in [-0.39, 0.29) is 5.69 Å². The monoisotopic (exact) mass is 286 g/mol. The van der Waals surface area contributed by atoms with Crippen molar-refractivity contribution < 1.29 is 13.2 Å². The number of hydrogen-bond acceptors (Lipinski definition) is 3. The van der Waals surface area contributed by atoms with Crippen molar-refractivity contribution >= 4 is 22.7 Å². The molecule has 0 saturated carbocycles. The molecule has 0 aliphatic rings. The predicted molar refractivity (Wildman–Crippen MR) is 72.3 cm³/mol. The van der Waals surface area contributed by atoms with Crippen molar-refractivity contribution in [2.45, 2.75) is 12.7 Å². The van der Waals surface area contributed by atoms with Crippen LogP contribution in [-0.4, -0.2) is 7.05 Å². The van der Waals surface area contributed by atoms with Gasteiger partial charge >= 0.3 is 6.18 Å². The number of nitrogen functional groups attached to an aromatic ring is 1. The Morgan fingerprint density at radius 1 is 1.26 bits per heavy atom. The second kappa shape index (κ2) is 5.13. The zero-order chi connectivity index (χ0) is 14.0. The third-order valence-electron chi connectivity index (χ3n) is 2.78. The summed E-state index contributed by atoms with van der Waals surface area (Å²) >= 11 is 1.56. The van der Waals surface area contributed by atoms with Crippen LogP contribution >= 0.6 is 11.3 Å². The Balaban J connectivity index is 2.25. The van der Waals surface area contributed by atoms with Gasteiger partial charge in [0.05, 0.1) is 5.56 Å². The molecular weight excluding hydrogens is 273 g/mol. The molecule has 0 bridgehead atoms. The molecule has 0 amide bonds. The molecule has 0 saturated heterocycles. The lowest BCUT2D eigenvalue weighted by Gasteiger charge is -2.21. The largest absolute Gasteiger partial charge is 0.418 e. The highest BCUT2D eigenvalue weighted by molar-refractivity contribution is 7.07. The van der Waals surface area contributed by atoms with E-state index in [9.17, 15) is 13.2 Å². The maximum atomic E-state index is 12.8.